The Morgan fingerprint density at radius 2 is 2.05 bits per heavy atom. The molecule has 0 aliphatic heterocycles. The highest BCUT2D eigenvalue weighted by Crippen LogP contribution is 2.30. The number of nitro benzene ring substituents is 1. The van der Waals surface area contributed by atoms with Gasteiger partial charge in [0.2, 0.25) is 0 Å². The number of benzene rings is 1. The Kier molecular flexibility index (Phi) is 3.20. The van der Waals surface area contributed by atoms with E-state index in [1.54, 1.807) is 25.6 Å². The lowest BCUT2D eigenvalue weighted by Gasteiger charge is -2.06. The van der Waals surface area contributed by atoms with E-state index in [0.29, 0.717) is 11.4 Å². The van der Waals surface area contributed by atoms with Crippen molar-refractivity contribution in [1.29, 1.82) is 0 Å². The monoisotopic (exact) mass is 265 g/mol. The molecule has 0 amide bonds. The predicted molar refractivity (Wildman–Crippen MR) is 65.8 cm³/mol. The normalized spacial score (nSPS) is 10.5. The summed E-state index contributed by atoms with van der Waals surface area (Å²) in [4.78, 5) is 9.99. The third kappa shape index (κ3) is 2.54. The van der Waals surface area contributed by atoms with Crippen molar-refractivity contribution in [3.05, 3.63) is 45.5 Å². The maximum absolute atomic E-state index is 13.3. The minimum Gasteiger partial charge on any atom is -0.453 e. The Bertz CT molecular complexity index is 652. The molecule has 0 bridgehead atoms. The van der Waals surface area contributed by atoms with Crippen molar-refractivity contribution < 1.29 is 14.1 Å². The number of nitro groups is 1. The van der Waals surface area contributed by atoms with Crippen molar-refractivity contribution in [3.63, 3.8) is 0 Å². The van der Waals surface area contributed by atoms with Gasteiger partial charge in [-0.1, -0.05) is 0 Å². The summed E-state index contributed by atoms with van der Waals surface area (Å²) in [6.45, 7) is 3.54. The number of hydrogen-bond donors (Lipinski definition) is 0. The molecule has 0 radical (unpaired) electrons. The Labute approximate surface area is 108 Å². The third-order valence-corrected chi connectivity index (χ3v) is 2.73. The Morgan fingerprint density at radius 1 is 1.37 bits per heavy atom. The van der Waals surface area contributed by atoms with E-state index in [9.17, 15) is 14.5 Å². The molecule has 0 fully saturated rings. The first-order valence-corrected chi connectivity index (χ1v) is 5.51. The van der Waals surface area contributed by atoms with Crippen LogP contribution in [0.3, 0.4) is 0 Å². The molecule has 0 unspecified atom stereocenters. The van der Waals surface area contributed by atoms with Crippen LogP contribution in [0, 0.1) is 29.8 Å². The molecule has 0 aliphatic carbocycles. The molecule has 2 aromatic rings. The van der Waals surface area contributed by atoms with E-state index >= 15 is 0 Å². The number of ether oxygens (including phenoxy) is 1. The molecule has 0 saturated carbocycles. The van der Waals surface area contributed by atoms with E-state index in [0.717, 1.165) is 17.8 Å². The molecule has 6 nitrogen and oxygen atoms in total. The van der Waals surface area contributed by atoms with E-state index < -0.39 is 10.7 Å². The van der Waals surface area contributed by atoms with E-state index in [1.165, 1.54) is 6.07 Å². The minimum atomic E-state index is -0.719. The standard InChI is InChI=1S/C12H12FN3O3/c1-7-12(8(2)15(3)14-7)19-11-5-9(13)4-10(6-11)16(17)18/h4-6H,1-3H3. The number of rotatable bonds is 3. The number of aryl methyl sites for hydroxylation is 2. The number of hydrogen-bond acceptors (Lipinski definition) is 4. The largest absolute Gasteiger partial charge is 0.453 e. The maximum Gasteiger partial charge on any atom is 0.276 e. The Balaban J connectivity index is 2.41. The van der Waals surface area contributed by atoms with Gasteiger partial charge in [0.1, 0.15) is 17.3 Å². The van der Waals surface area contributed by atoms with Crippen LogP contribution in [0.25, 0.3) is 0 Å². The van der Waals surface area contributed by atoms with Crippen molar-refractivity contribution in [2.75, 3.05) is 0 Å². The zero-order chi connectivity index (χ0) is 14.2. The lowest BCUT2D eigenvalue weighted by Crippen LogP contribution is -1.94. The average molecular weight is 265 g/mol. The summed E-state index contributed by atoms with van der Waals surface area (Å²) >= 11 is 0. The lowest BCUT2D eigenvalue weighted by atomic mass is 10.3. The topological polar surface area (TPSA) is 70.2 Å². The molecular formula is C12H12FN3O3. The van der Waals surface area contributed by atoms with Crippen molar-refractivity contribution in [2.24, 2.45) is 7.05 Å². The van der Waals surface area contributed by atoms with Gasteiger partial charge < -0.3 is 4.74 Å². The number of halogens is 1. The zero-order valence-electron chi connectivity index (χ0n) is 10.7. The summed E-state index contributed by atoms with van der Waals surface area (Å²) in [7, 11) is 1.75. The molecule has 2 rings (SSSR count). The van der Waals surface area contributed by atoms with Gasteiger partial charge in [0.15, 0.2) is 5.75 Å². The van der Waals surface area contributed by atoms with Crippen molar-refractivity contribution in [2.45, 2.75) is 13.8 Å². The van der Waals surface area contributed by atoms with Crippen LogP contribution in [0.1, 0.15) is 11.4 Å². The second-order valence-electron chi connectivity index (χ2n) is 4.13. The first kappa shape index (κ1) is 13.0. The third-order valence-electron chi connectivity index (χ3n) is 2.73. The summed E-state index contributed by atoms with van der Waals surface area (Å²) in [5.74, 6) is -0.170. The summed E-state index contributed by atoms with van der Waals surface area (Å²) in [6.07, 6.45) is 0. The molecule has 1 heterocycles. The Morgan fingerprint density at radius 3 is 2.58 bits per heavy atom. The van der Waals surface area contributed by atoms with E-state index in [4.69, 9.17) is 4.74 Å². The number of non-ortho nitro benzene ring substituents is 1. The minimum absolute atomic E-state index is 0.0749. The Hall–Kier alpha value is -2.44. The summed E-state index contributed by atoms with van der Waals surface area (Å²) in [5.41, 5.74) is 1.03. The fourth-order valence-electron chi connectivity index (χ4n) is 1.73. The number of nitrogens with zero attached hydrogens (tertiary/aromatic N) is 3. The van der Waals surface area contributed by atoms with E-state index in [2.05, 4.69) is 5.10 Å². The molecule has 0 saturated heterocycles. The maximum atomic E-state index is 13.3. The van der Waals surface area contributed by atoms with Crippen LogP contribution in [-0.2, 0) is 7.05 Å². The molecule has 0 aliphatic rings. The molecule has 19 heavy (non-hydrogen) atoms. The van der Waals surface area contributed by atoms with E-state index in [-0.39, 0.29) is 11.4 Å². The SMILES string of the molecule is Cc1nn(C)c(C)c1Oc1cc(F)cc([N+](=O)[O-])c1. The van der Waals surface area contributed by atoms with Gasteiger partial charge in [-0.25, -0.2) is 4.39 Å². The second kappa shape index (κ2) is 4.68. The average Bonchev–Trinajstić information content (AvgIpc) is 2.55. The lowest BCUT2D eigenvalue weighted by molar-refractivity contribution is -0.385. The summed E-state index contributed by atoms with van der Waals surface area (Å²) in [6, 6.07) is 3.11. The van der Waals surface area contributed by atoms with Gasteiger partial charge in [0.05, 0.1) is 22.7 Å². The summed E-state index contributed by atoms with van der Waals surface area (Å²) < 4.78 is 20.4. The molecule has 0 atom stereocenters. The van der Waals surface area contributed by atoms with Crippen LogP contribution in [0.4, 0.5) is 10.1 Å². The fraction of sp³-hybridized carbons (Fsp3) is 0.250. The molecule has 1 aromatic carbocycles. The zero-order valence-corrected chi connectivity index (χ0v) is 10.7. The molecular weight excluding hydrogens is 253 g/mol. The van der Waals surface area contributed by atoms with Crippen molar-refractivity contribution in [1.82, 2.24) is 9.78 Å². The van der Waals surface area contributed by atoms with Gasteiger partial charge in [0.25, 0.3) is 5.69 Å². The summed E-state index contributed by atoms with van der Waals surface area (Å²) in [5, 5.41) is 14.8. The van der Waals surface area contributed by atoms with Crippen molar-refractivity contribution >= 4 is 5.69 Å². The first-order chi connectivity index (χ1) is 8.88. The van der Waals surface area contributed by atoms with Gasteiger partial charge in [-0.15, -0.1) is 0 Å². The smallest absolute Gasteiger partial charge is 0.276 e. The quantitative estimate of drug-likeness (QED) is 0.632. The van der Waals surface area contributed by atoms with Gasteiger partial charge in [-0.3, -0.25) is 14.8 Å². The first-order valence-electron chi connectivity index (χ1n) is 5.51. The van der Waals surface area contributed by atoms with Gasteiger partial charge in [-0.05, 0) is 13.8 Å². The molecule has 7 heteroatoms. The van der Waals surface area contributed by atoms with E-state index in [1.807, 2.05) is 0 Å². The van der Waals surface area contributed by atoms with Crippen LogP contribution >= 0.6 is 0 Å². The van der Waals surface area contributed by atoms with Crippen LogP contribution in [0.2, 0.25) is 0 Å². The van der Waals surface area contributed by atoms with Crippen LogP contribution in [-0.4, -0.2) is 14.7 Å². The molecule has 0 spiro atoms. The fourth-order valence-corrected chi connectivity index (χ4v) is 1.73. The van der Waals surface area contributed by atoms with Gasteiger partial charge in [0, 0.05) is 13.1 Å². The van der Waals surface area contributed by atoms with Crippen molar-refractivity contribution in [3.8, 4) is 11.5 Å². The molecule has 0 N–H and O–H groups in total. The van der Waals surface area contributed by atoms with Crippen LogP contribution in [0.5, 0.6) is 11.5 Å². The van der Waals surface area contributed by atoms with Gasteiger partial charge >= 0.3 is 0 Å². The van der Waals surface area contributed by atoms with Crippen LogP contribution in [0.15, 0.2) is 18.2 Å². The molecule has 1 aromatic heterocycles. The molecule has 100 valence electrons. The highest BCUT2D eigenvalue weighted by Gasteiger charge is 2.15. The predicted octanol–water partition coefficient (Wildman–Crippen LogP) is 2.88. The number of aromatic nitrogens is 2. The highest BCUT2D eigenvalue weighted by atomic mass is 19.1. The van der Waals surface area contributed by atoms with Gasteiger partial charge in [-0.2, -0.15) is 5.10 Å². The highest BCUT2D eigenvalue weighted by molar-refractivity contribution is 5.43. The second-order valence-corrected chi connectivity index (χ2v) is 4.13. The van der Waals surface area contributed by atoms with Crippen LogP contribution < -0.4 is 4.74 Å².